The standard InChI is InChI=1S/C27H34FN3O5/c1-27(2,3)15-22(30-25(34)18-6-5-7-21(13-18)36-4)26(35)29-20(14-24(32)33)16-31-11-10-17-12-19(28)8-9-23(17)31/h5-9,12-13,20,22H,10-11,14-16H2,1-4H3,(H,29,35)(H,30,34)(H,32,33)/t20-,22?/m0/s1. The Kier molecular flexibility index (Phi) is 8.55. The number of carboxylic acids is 1. The van der Waals surface area contributed by atoms with Gasteiger partial charge in [-0.25, -0.2) is 4.39 Å². The Morgan fingerprint density at radius 3 is 2.56 bits per heavy atom. The Hall–Kier alpha value is -3.62. The molecule has 0 saturated carbocycles. The van der Waals surface area contributed by atoms with Crippen molar-refractivity contribution in [1.82, 2.24) is 10.6 Å². The molecule has 36 heavy (non-hydrogen) atoms. The van der Waals surface area contributed by atoms with Crippen LogP contribution in [-0.2, 0) is 16.0 Å². The predicted octanol–water partition coefficient (Wildman–Crippen LogP) is 3.39. The molecule has 3 rings (SSSR count). The van der Waals surface area contributed by atoms with Crippen molar-refractivity contribution in [3.05, 3.63) is 59.4 Å². The molecule has 1 unspecified atom stereocenters. The van der Waals surface area contributed by atoms with E-state index in [2.05, 4.69) is 10.6 Å². The zero-order valence-electron chi connectivity index (χ0n) is 21.1. The molecule has 0 fully saturated rings. The summed E-state index contributed by atoms with van der Waals surface area (Å²) in [4.78, 5) is 39.8. The molecule has 2 aromatic rings. The van der Waals surface area contributed by atoms with E-state index in [0.29, 0.717) is 30.7 Å². The Balaban J connectivity index is 1.76. The monoisotopic (exact) mass is 499 g/mol. The molecule has 0 spiro atoms. The maximum atomic E-state index is 13.6. The first-order valence-electron chi connectivity index (χ1n) is 12.0. The van der Waals surface area contributed by atoms with Gasteiger partial charge in [-0.2, -0.15) is 0 Å². The second kappa shape index (κ2) is 11.4. The molecule has 2 amide bonds. The van der Waals surface area contributed by atoms with E-state index < -0.39 is 29.9 Å². The molecule has 0 bridgehead atoms. The number of amides is 2. The van der Waals surface area contributed by atoms with Crippen LogP contribution in [0.3, 0.4) is 0 Å². The highest BCUT2D eigenvalue weighted by atomic mass is 19.1. The molecule has 1 aliphatic rings. The zero-order chi connectivity index (χ0) is 26.5. The van der Waals surface area contributed by atoms with E-state index in [4.69, 9.17) is 4.74 Å². The van der Waals surface area contributed by atoms with Gasteiger partial charge in [-0.15, -0.1) is 0 Å². The van der Waals surface area contributed by atoms with Crippen LogP contribution >= 0.6 is 0 Å². The van der Waals surface area contributed by atoms with Crippen LogP contribution in [0, 0.1) is 11.2 Å². The first-order chi connectivity index (χ1) is 16.9. The molecule has 2 aromatic carbocycles. The number of aliphatic carboxylic acids is 1. The number of carboxylic acid groups (broad SMARTS) is 1. The minimum absolute atomic E-state index is 0.253. The van der Waals surface area contributed by atoms with E-state index in [-0.39, 0.29) is 24.2 Å². The average molecular weight is 500 g/mol. The SMILES string of the molecule is COc1cccc(C(=O)NC(CC(C)(C)C)C(=O)N[C@@H](CC(=O)O)CN2CCc3cc(F)ccc32)c1. The molecule has 0 saturated heterocycles. The third-order valence-electron chi connectivity index (χ3n) is 6.01. The van der Waals surface area contributed by atoms with Gasteiger partial charge in [0.25, 0.3) is 5.91 Å². The van der Waals surface area contributed by atoms with E-state index in [1.807, 2.05) is 25.7 Å². The summed E-state index contributed by atoms with van der Waals surface area (Å²) < 4.78 is 18.8. The van der Waals surface area contributed by atoms with E-state index in [1.165, 1.54) is 19.2 Å². The lowest BCUT2D eigenvalue weighted by Gasteiger charge is -2.30. The Morgan fingerprint density at radius 2 is 1.89 bits per heavy atom. The van der Waals surface area contributed by atoms with E-state index in [0.717, 1.165) is 11.3 Å². The van der Waals surface area contributed by atoms with Crippen LogP contribution in [-0.4, -0.2) is 55.2 Å². The topological polar surface area (TPSA) is 108 Å². The Labute approximate surface area is 210 Å². The number of rotatable bonds is 10. The highest BCUT2D eigenvalue weighted by Gasteiger charge is 2.31. The first kappa shape index (κ1) is 27.0. The van der Waals surface area contributed by atoms with Crippen LogP contribution in [0.25, 0.3) is 0 Å². The van der Waals surface area contributed by atoms with Gasteiger partial charge in [0.1, 0.15) is 17.6 Å². The molecule has 0 aromatic heterocycles. The predicted molar refractivity (Wildman–Crippen MR) is 135 cm³/mol. The van der Waals surface area contributed by atoms with Gasteiger partial charge in [-0.05, 0) is 60.2 Å². The van der Waals surface area contributed by atoms with Gasteiger partial charge in [0.05, 0.1) is 19.6 Å². The normalized spacial score (nSPS) is 14.5. The second-order valence-electron chi connectivity index (χ2n) is 10.3. The number of nitrogens with zero attached hydrogens (tertiary/aromatic N) is 1. The molecular weight excluding hydrogens is 465 g/mol. The zero-order valence-corrected chi connectivity index (χ0v) is 21.1. The van der Waals surface area contributed by atoms with Crippen molar-refractivity contribution in [3.8, 4) is 5.75 Å². The van der Waals surface area contributed by atoms with Crippen LogP contribution in [0.4, 0.5) is 10.1 Å². The number of benzene rings is 2. The van der Waals surface area contributed by atoms with Gasteiger partial charge in [0.2, 0.25) is 5.91 Å². The van der Waals surface area contributed by atoms with Gasteiger partial charge in [-0.1, -0.05) is 26.8 Å². The molecule has 9 heteroatoms. The largest absolute Gasteiger partial charge is 0.497 e. The first-order valence-corrected chi connectivity index (χ1v) is 12.0. The average Bonchev–Trinajstić information content (AvgIpc) is 3.18. The Morgan fingerprint density at radius 1 is 1.14 bits per heavy atom. The van der Waals surface area contributed by atoms with Crippen molar-refractivity contribution >= 4 is 23.5 Å². The third-order valence-corrected chi connectivity index (χ3v) is 6.01. The van der Waals surface area contributed by atoms with E-state index >= 15 is 0 Å². The van der Waals surface area contributed by atoms with Crippen molar-refractivity contribution in [2.75, 3.05) is 25.1 Å². The van der Waals surface area contributed by atoms with Gasteiger partial charge in [0, 0.05) is 24.3 Å². The summed E-state index contributed by atoms with van der Waals surface area (Å²) >= 11 is 0. The number of fused-ring (bicyclic) bond motifs is 1. The highest BCUT2D eigenvalue weighted by Crippen LogP contribution is 2.29. The number of hydrogen-bond donors (Lipinski definition) is 3. The van der Waals surface area contributed by atoms with Crippen LogP contribution in [0.2, 0.25) is 0 Å². The lowest BCUT2D eigenvalue weighted by molar-refractivity contribution is -0.137. The number of halogens is 1. The van der Waals surface area contributed by atoms with Crippen molar-refractivity contribution in [1.29, 1.82) is 0 Å². The maximum Gasteiger partial charge on any atom is 0.305 e. The molecule has 0 aliphatic carbocycles. The summed E-state index contributed by atoms with van der Waals surface area (Å²) in [5.41, 5.74) is 1.75. The minimum Gasteiger partial charge on any atom is -0.497 e. The number of carbonyl (C=O) groups excluding carboxylic acids is 2. The van der Waals surface area contributed by atoms with Crippen LogP contribution < -0.4 is 20.3 Å². The van der Waals surface area contributed by atoms with Crippen molar-refractivity contribution in [2.45, 2.75) is 52.1 Å². The third kappa shape index (κ3) is 7.44. The number of methoxy groups -OCH3 is 1. The molecule has 194 valence electrons. The smallest absolute Gasteiger partial charge is 0.305 e. The summed E-state index contributed by atoms with van der Waals surface area (Å²) in [5.74, 6) is -1.73. The molecule has 1 aliphatic heterocycles. The summed E-state index contributed by atoms with van der Waals surface area (Å²) in [6.45, 7) is 6.73. The van der Waals surface area contributed by atoms with Crippen molar-refractivity contribution in [2.24, 2.45) is 5.41 Å². The summed E-state index contributed by atoms with van der Waals surface area (Å²) in [6.07, 6.45) is 0.703. The lowest BCUT2D eigenvalue weighted by Crippen LogP contribution is -2.53. The fourth-order valence-corrected chi connectivity index (χ4v) is 4.40. The quantitative estimate of drug-likeness (QED) is 0.463. The van der Waals surface area contributed by atoms with Crippen LogP contribution in [0.5, 0.6) is 5.75 Å². The number of hydrogen-bond acceptors (Lipinski definition) is 5. The summed E-state index contributed by atoms with van der Waals surface area (Å²) in [5, 5.41) is 15.1. The molecule has 2 atom stereocenters. The van der Waals surface area contributed by atoms with Gasteiger partial charge in [0.15, 0.2) is 0 Å². The molecule has 3 N–H and O–H groups in total. The van der Waals surface area contributed by atoms with Crippen LogP contribution in [0.1, 0.15) is 49.5 Å². The minimum atomic E-state index is -1.05. The van der Waals surface area contributed by atoms with E-state index in [1.54, 1.807) is 30.3 Å². The summed E-state index contributed by atoms with van der Waals surface area (Å²) in [7, 11) is 1.50. The second-order valence-corrected chi connectivity index (χ2v) is 10.3. The maximum absolute atomic E-state index is 13.6. The molecular formula is C27H34FN3O5. The number of ether oxygens (including phenoxy) is 1. The van der Waals surface area contributed by atoms with Crippen molar-refractivity contribution in [3.63, 3.8) is 0 Å². The van der Waals surface area contributed by atoms with Crippen LogP contribution in [0.15, 0.2) is 42.5 Å². The van der Waals surface area contributed by atoms with Gasteiger partial charge in [-0.3, -0.25) is 14.4 Å². The van der Waals surface area contributed by atoms with Gasteiger partial charge >= 0.3 is 5.97 Å². The summed E-state index contributed by atoms with van der Waals surface area (Å²) in [6, 6.07) is 9.57. The van der Waals surface area contributed by atoms with E-state index in [9.17, 15) is 23.9 Å². The van der Waals surface area contributed by atoms with Gasteiger partial charge < -0.3 is 25.4 Å². The molecule has 0 radical (unpaired) electrons. The lowest BCUT2D eigenvalue weighted by atomic mass is 9.87. The molecule has 8 nitrogen and oxygen atoms in total. The number of anilines is 1. The number of nitrogens with one attached hydrogen (secondary N) is 2. The van der Waals surface area contributed by atoms with Crippen molar-refractivity contribution < 1.29 is 28.6 Å². The fraction of sp³-hybridized carbons (Fsp3) is 0.444. The highest BCUT2D eigenvalue weighted by molar-refractivity contribution is 5.98. The number of carbonyl (C=O) groups is 3. The Bertz CT molecular complexity index is 1110. The fourth-order valence-electron chi connectivity index (χ4n) is 4.40. The molecule has 1 heterocycles.